The van der Waals surface area contributed by atoms with Gasteiger partial charge in [-0.05, 0) is 25.1 Å². The smallest absolute Gasteiger partial charge is 0.381 e. The maximum absolute atomic E-state index is 13.9. The first-order valence-corrected chi connectivity index (χ1v) is 6.12. The molecular formula is C15H13F2NO2. The number of nitrogens with zero attached hydrogens (tertiary/aromatic N) is 1. The molecule has 0 fully saturated rings. The average molecular weight is 277 g/mol. The Morgan fingerprint density at radius 1 is 1.25 bits per heavy atom. The van der Waals surface area contributed by atoms with Crippen molar-refractivity contribution in [1.82, 2.24) is 4.98 Å². The van der Waals surface area contributed by atoms with Gasteiger partial charge < -0.3 is 4.74 Å². The molecule has 5 heteroatoms. The Balaban J connectivity index is 2.37. The normalized spacial score (nSPS) is 11.2. The number of hydrogen-bond donors (Lipinski definition) is 0. The molecule has 0 saturated heterocycles. The first-order valence-electron chi connectivity index (χ1n) is 6.12. The van der Waals surface area contributed by atoms with E-state index in [1.165, 1.54) is 25.1 Å². The fourth-order valence-corrected chi connectivity index (χ4v) is 1.75. The highest BCUT2D eigenvalue weighted by Crippen LogP contribution is 2.31. The van der Waals surface area contributed by atoms with Crippen LogP contribution in [0.1, 0.15) is 12.5 Å². The van der Waals surface area contributed by atoms with Crippen molar-refractivity contribution in [3.8, 4) is 11.3 Å². The molecule has 0 unspecified atom stereocenters. The summed E-state index contributed by atoms with van der Waals surface area (Å²) in [6.45, 7) is 1.40. The topological polar surface area (TPSA) is 39.2 Å². The second-order valence-electron chi connectivity index (χ2n) is 4.09. The standard InChI is InChI=1S/C15H13F2NO2/c1-2-20-14(19)15(16,17)12-7-5-6-11(10-12)13-8-3-4-9-18-13/h3-10H,2H2,1H3. The van der Waals surface area contributed by atoms with Crippen LogP contribution < -0.4 is 0 Å². The number of carbonyl (C=O) groups is 1. The van der Waals surface area contributed by atoms with Crippen molar-refractivity contribution in [2.24, 2.45) is 0 Å². The van der Waals surface area contributed by atoms with E-state index in [4.69, 9.17) is 0 Å². The molecule has 0 N–H and O–H groups in total. The van der Waals surface area contributed by atoms with E-state index < -0.39 is 17.5 Å². The summed E-state index contributed by atoms with van der Waals surface area (Å²) < 4.78 is 32.3. The lowest BCUT2D eigenvalue weighted by atomic mass is 10.0. The lowest BCUT2D eigenvalue weighted by Gasteiger charge is -2.15. The minimum atomic E-state index is -3.67. The Kier molecular flexibility index (Phi) is 4.08. The van der Waals surface area contributed by atoms with Crippen LogP contribution in [0.15, 0.2) is 48.7 Å². The van der Waals surface area contributed by atoms with Gasteiger partial charge >= 0.3 is 11.9 Å². The van der Waals surface area contributed by atoms with Crippen molar-refractivity contribution in [1.29, 1.82) is 0 Å². The van der Waals surface area contributed by atoms with E-state index in [9.17, 15) is 13.6 Å². The summed E-state index contributed by atoms with van der Waals surface area (Å²) in [6, 6.07) is 10.8. The summed E-state index contributed by atoms with van der Waals surface area (Å²) in [4.78, 5) is 15.4. The lowest BCUT2D eigenvalue weighted by Crippen LogP contribution is -2.28. The number of rotatable bonds is 4. The molecule has 0 saturated carbocycles. The fourth-order valence-electron chi connectivity index (χ4n) is 1.75. The van der Waals surface area contributed by atoms with Gasteiger partial charge in [0, 0.05) is 17.3 Å². The van der Waals surface area contributed by atoms with Crippen molar-refractivity contribution < 1.29 is 18.3 Å². The summed E-state index contributed by atoms with van der Waals surface area (Å²) in [5.74, 6) is -5.21. The number of pyridine rings is 1. The van der Waals surface area contributed by atoms with Gasteiger partial charge in [-0.1, -0.05) is 24.3 Å². The molecule has 3 nitrogen and oxygen atoms in total. The molecular weight excluding hydrogens is 264 g/mol. The summed E-state index contributed by atoms with van der Waals surface area (Å²) in [7, 11) is 0. The van der Waals surface area contributed by atoms with Gasteiger partial charge in [-0.3, -0.25) is 4.98 Å². The minimum Gasteiger partial charge on any atom is -0.461 e. The zero-order valence-corrected chi connectivity index (χ0v) is 10.8. The van der Waals surface area contributed by atoms with Gasteiger partial charge in [0.15, 0.2) is 0 Å². The van der Waals surface area contributed by atoms with E-state index in [0.29, 0.717) is 11.3 Å². The van der Waals surface area contributed by atoms with Crippen LogP contribution in [0.3, 0.4) is 0 Å². The van der Waals surface area contributed by atoms with Crippen molar-refractivity contribution in [3.63, 3.8) is 0 Å². The van der Waals surface area contributed by atoms with Crippen LogP contribution in [0, 0.1) is 0 Å². The zero-order chi connectivity index (χ0) is 14.6. The largest absolute Gasteiger partial charge is 0.461 e. The van der Waals surface area contributed by atoms with E-state index in [1.807, 2.05) is 0 Å². The van der Waals surface area contributed by atoms with E-state index >= 15 is 0 Å². The second-order valence-corrected chi connectivity index (χ2v) is 4.09. The molecule has 1 aromatic carbocycles. The highest BCUT2D eigenvalue weighted by molar-refractivity contribution is 5.80. The number of aromatic nitrogens is 1. The predicted molar refractivity (Wildman–Crippen MR) is 70.2 cm³/mol. The van der Waals surface area contributed by atoms with Gasteiger partial charge in [0.2, 0.25) is 0 Å². The first-order chi connectivity index (χ1) is 9.55. The molecule has 0 radical (unpaired) electrons. The maximum Gasteiger partial charge on any atom is 0.381 e. The highest BCUT2D eigenvalue weighted by Gasteiger charge is 2.42. The highest BCUT2D eigenvalue weighted by atomic mass is 19.3. The molecule has 20 heavy (non-hydrogen) atoms. The molecule has 2 rings (SSSR count). The second kappa shape index (κ2) is 5.77. The van der Waals surface area contributed by atoms with Crippen molar-refractivity contribution in [2.45, 2.75) is 12.8 Å². The molecule has 0 aliphatic rings. The maximum atomic E-state index is 13.9. The number of ether oxygens (including phenoxy) is 1. The van der Waals surface area contributed by atoms with Gasteiger partial charge in [-0.2, -0.15) is 8.78 Å². The predicted octanol–water partition coefficient (Wildman–Crippen LogP) is 3.40. The third kappa shape index (κ3) is 2.82. The number of hydrogen-bond acceptors (Lipinski definition) is 3. The molecule has 104 valence electrons. The van der Waals surface area contributed by atoms with Crippen LogP contribution in [-0.4, -0.2) is 17.6 Å². The van der Waals surface area contributed by atoms with Gasteiger partial charge in [0.25, 0.3) is 0 Å². The number of carbonyl (C=O) groups excluding carboxylic acids is 1. The summed E-state index contributed by atoms with van der Waals surface area (Å²) in [6.07, 6.45) is 1.57. The van der Waals surface area contributed by atoms with E-state index in [-0.39, 0.29) is 6.61 Å². The monoisotopic (exact) mass is 277 g/mol. The molecule has 0 spiro atoms. The van der Waals surface area contributed by atoms with E-state index in [2.05, 4.69) is 9.72 Å². The molecule has 0 aliphatic carbocycles. The Morgan fingerprint density at radius 2 is 2.05 bits per heavy atom. The van der Waals surface area contributed by atoms with Gasteiger partial charge in [0.1, 0.15) is 0 Å². The van der Waals surface area contributed by atoms with Gasteiger partial charge in [-0.25, -0.2) is 4.79 Å². The zero-order valence-electron chi connectivity index (χ0n) is 10.8. The van der Waals surface area contributed by atoms with Crippen LogP contribution in [0.5, 0.6) is 0 Å². The number of benzene rings is 1. The third-order valence-electron chi connectivity index (χ3n) is 2.72. The Bertz CT molecular complexity index is 600. The summed E-state index contributed by atoms with van der Waals surface area (Å²) in [5.41, 5.74) is 0.681. The fraction of sp³-hybridized carbons (Fsp3) is 0.200. The molecule has 0 atom stereocenters. The third-order valence-corrected chi connectivity index (χ3v) is 2.72. The van der Waals surface area contributed by atoms with Crippen molar-refractivity contribution in [2.75, 3.05) is 6.61 Å². The molecule has 0 amide bonds. The summed E-state index contributed by atoms with van der Waals surface area (Å²) >= 11 is 0. The van der Waals surface area contributed by atoms with Crippen molar-refractivity contribution in [3.05, 3.63) is 54.2 Å². The van der Waals surface area contributed by atoms with Crippen LogP contribution >= 0.6 is 0 Å². The first kappa shape index (κ1) is 14.1. The molecule has 1 aromatic heterocycles. The number of halogens is 2. The van der Waals surface area contributed by atoms with Crippen molar-refractivity contribution >= 4 is 5.97 Å². The minimum absolute atomic E-state index is 0.0889. The quantitative estimate of drug-likeness (QED) is 0.804. The average Bonchev–Trinajstić information content (AvgIpc) is 2.48. The number of esters is 1. The van der Waals surface area contributed by atoms with Crippen LogP contribution in [0.25, 0.3) is 11.3 Å². The van der Waals surface area contributed by atoms with Crippen LogP contribution in [0.2, 0.25) is 0 Å². The van der Waals surface area contributed by atoms with Crippen LogP contribution in [-0.2, 0) is 15.5 Å². The summed E-state index contributed by atoms with van der Waals surface area (Å²) in [5, 5.41) is 0. The SMILES string of the molecule is CCOC(=O)C(F)(F)c1cccc(-c2ccccn2)c1. The Hall–Kier alpha value is -2.30. The molecule has 1 heterocycles. The van der Waals surface area contributed by atoms with E-state index in [0.717, 1.165) is 0 Å². The van der Waals surface area contributed by atoms with Gasteiger partial charge in [0.05, 0.1) is 12.3 Å². The molecule has 2 aromatic rings. The Morgan fingerprint density at radius 3 is 2.70 bits per heavy atom. The molecule has 0 bridgehead atoms. The Labute approximate surface area is 115 Å². The molecule has 0 aliphatic heterocycles. The van der Waals surface area contributed by atoms with Gasteiger partial charge in [-0.15, -0.1) is 0 Å². The number of alkyl halides is 2. The van der Waals surface area contributed by atoms with Crippen LogP contribution in [0.4, 0.5) is 8.78 Å². The van der Waals surface area contributed by atoms with E-state index in [1.54, 1.807) is 30.5 Å². The lowest BCUT2D eigenvalue weighted by molar-refractivity contribution is -0.173.